The molecule has 2 aromatic rings. The van der Waals surface area contributed by atoms with E-state index in [0.717, 1.165) is 36.9 Å². The molecule has 0 bridgehead atoms. The van der Waals surface area contributed by atoms with Crippen LogP contribution in [-0.4, -0.2) is 50.8 Å². The van der Waals surface area contributed by atoms with Gasteiger partial charge in [0.15, 0.2) is 5.96 Å². The van der Waals surface area contributed by atoms with Gasteiger partial charge in [0.25, 0.3) is 0 Å². The molecule has 1 aliphatic heterocycles. The number of rotatable bonds is 6. The number of morpholine rings is 1. The van der Waals surface area contributed by atoms with E-state index < -0.39 is 0 Å². The predicted molar refractivity (Wildman–Crippen MR) is 111 cm³/mol. The molecule has 1 aliphatic rings. The molecule has 1 fully saturated rings. The van der Waals surface area contributed by atoms with Crippen molar-refractivity contribution in [3.63, 3.8) is 0 Å². The molecule has 1 atom stereocenters. The summed E-state index contributed by atoms with van der Waals surface area (Å²) in [6.07, 6.45) is 0. The minimum absolute atomic E-state index is 0.186. The van der Waals surface area contributed by atoms with E-state index in [1.54, 1.807) is 19.2 Å². The van der Waals surface area contributed by atoms with Crippen LogP contribution < -0.4 is 10.6 Å². The van der Waals surface area contributed by atoms with Crippen molar-refractivity contribution in [2.24, 2.45) is 4.99 Å². The molecule has 7 heteroatoms. The molecule has 0 aliphatic carbocycles. The molecule has 0 saturated carbocycles. The van der Waals surface area contributed by atoms with Gasteiger partial charge in [0.05, 0.1) is 19.3 Å². The molecular weight excluding hydrogens is 379 g/mol. The van der Waals surface area contributed by atoms with Crippen LogP contribution in [0.4, 0.5) is 4.39 Å². The summed E-state index contributed by atoms with van der Waals surface area (Å²) in [6.45, 7) is 4.52. The van der Waals surface area contributed by atoms with E-state index in [1.165, 1.54) is 17.7 Å². The van der Waals surface area contributed by atoms with Crippen LogP contribution in [0.5, 0.6) is 0 Å². The van der Waals surface area contributed by atoms with Gasteiger partial charge >= 0.3 is 0 Å². The predicted octanol–water partition coefficient (Wildman–Crippen LogP) is 3.22. The molecule has 1 heterocycles. The topological polar surface area (TPSA) is 48.9 Å². The first-order valence-electron chi connectivity index (χ1n) is 9.42. The number of ether oxygens (including phenoxy) is 1. The van der Waals surface area contributed by atoms with Gasteiger partial charge in [-0.3, -0.25) is 9.89 Å². The molecule has 0 spiro atoms. The maximum atomic E-state index is 13.0. The Bertz CT molecular complexity index is 761. The first-order valence-corrected chi connectivity index (χ1v) is 9.80. The molecule has 5 nitrogen and oxygen atoms in total. The van der Waals surface area contributed by atoms with Gasteiger partial charge < -0.3 is 15.4 Å². The van der Waals surface area contributed by atoms with E-state index in [9.17, 15) is 4.39 Å². The maximum Gasteiger partial charge on any atom is 0.191 e. The zero-order valence-electron chi connectivity index (χ0n) is 16.0. The highest BCUT2D eigenvalue weighted by Crippen LogP contribution is 2.23. The lowest BCUT2D eigenvalue weighted by Gasteiger charge is -2.35. The van der Waals surface area contributed by atoms with Crippen LogP contribution in [0.2, 0.25) is 5.02 Å². The Morgan fingerprint density at radius 3 is 2.43 bits per heavy atom. The molecule has 150 valence electrons. The van der Waals surface area contributed by atoms with Gasteiger partial charge in [-0.05, 0) is 35.4 Å². The third-order valence-electron chi connectivity index (χ3n) is 4.80. The average Bonchev–Trinajstić information content (AvgIpc) is 2.73. The van der Waals surface area contributed by atoms with Crippen LogP contribution in [0.1, 0.15) is 17.2 Å². The minimum atomic E-state index is -0.234. The lowest BCUT2D eigenvalue weighted by atomic mass is 10.0. The zero-order chi connectivity index (χ0) is 19.8. The van der Waals surface area contributed by atoms with Crippen molar-refractivity contribution in [3.05, 3.63) is 70.5 Å². The normalized spacial score (nSPS) is 16.6. The highest BCUT2D eigenvalue weighted by Gasteiger charge is 2.22. The second kappa shape index (κ2) is 10.4. The van der Waals surface area contributed by atoms with E-state index in [4.69, 9.17) is 16.3 Å². The molecule has 1 unspecified atom stereocenters. The summed E-state index contributed by atoms with van der Waals surface area (Å²) in [5.74, 6) is 0.471. The number of hydrogen-bond donors (Lipinski definition) is 2. The highest BCUT2D eigenvalue weighted by molar-refractivity contribution is 6.30. The summed E-state index contributed by atoms with van der Waals surface area (Å²) in [5, 5.41) is 7.42. The quantitative estimate of drug-likeness (QED) is 0.573. The van der Waals surface area contributed by atoms with Crippen LogP contribution in [0.3, 0.4) is 0 Å². The van der Waals surface area contributed by atoms with Gasteiger partial charge in [-0.1, -0.05) is 35.9 Å². The molecule has 0 aromatic heterocycles. The SMILES string of the molecule is CN=C(NCc1ccc(F)cc1)NCC(c1ccc(Cl)cc1)N1CCOCC1. The van der Waals surface area contributed by atoms with E-state index >= 15 is 0 Å². The van der Waals surface area contributed by atoms with Gasteiger partial charge in [0.2, 0.25) is 0 Å². The van der Waals surface area contributed by atoms with Gasteiger partial charge in [-0.25, -0.2) is 4.39 Å². The average molecular weight is 405 g/mol. The van der Waals surface area contributed by atoms with E-state index in [-0.39, 0.29) is 11.9 Å². The van der Waals surface area contributed by atoms with Crippen LogP contribution in [-0.2, 0) is 11.3 Å². The fourth-order valence-corrected chi connectivity index (χ4v) is 3.36. The van der Waals surface area contributed by atoms with Crippen molar-refractivity contribution in [3.8, 4) is 0 Å². The fourth-order valence-electron chi connectivity index (χ4n) is 3.23. The molecule has 0 radical (unpaired) electrons. The van der Waals surface area contributed by atoms with Gasteiger partial charge in [-0.2, -0.15) is 0 Å². The van der Waals surface area contributed by atoms with Crippen molar-refractivity contribution in [2.45, 2.75) is 12.6 Å². The summed E-state index contributed by atoms with van der Waals surface area (Å²) < 4.78 is 18.5. The Balaban J connectivity index is 1.62. The molecule has 0 amide bonds. The summed E-state index contributed by atoms with van der Waals surface area (Å²) >= 11 is 6.06. The Morgan fingerprint density at radius 2 is 1.79 bits per heavy atom. The van der Waals surface area contributed by atoms with Gasteiger partial charge in [-0.15, -0.1) is 0 Å². The van der Waals surface area contributed by atoms with Crippen molar-refractivity contribution in [2.75, 3.05) is 39.9 Å². The molecular formula is C21H26ClFN4O. The Morgan fingerprint density at radius 1 is 1.11 bits per heavy atom. The second-order valence-corrected chi connectivity index (χ2v) is 7.09. The summed E-state index contributed by atoms with van der Waals surface area (Å²) in [7, 11) is 1.74. The largest absolute Gasteiger partial charge is 0.379 e. The van der Waals surface area contributed by atoms with Crippen molar-refractivity contribution in [1.29, 1.82) is 0 Å². The minimum Gasteiger partial charge on any atom is -0.379 e. The van der Waals surface area contributed by atoms with Crippen LogP contribution in [0.25, 0.3) is 0 Å². The molecule has 2 N–H and O–H groups in total. The van der Waals surface area contributed by atoms with Crippen LogP contribution in [0, 0.1) is 5.82 Å². The van der Waals surface area contributed by atoms with E-state index in [1.807, 2.05) is 12.1 Å². The lowest BCUT2D eigenvalue weighted by molar-refractivity contribution is 0.0170. The summed E-state index contributed by atoms with van der Waals surface area (Å²) in [5.41, 5.74) is 2.19. The van der Waals surface area contributed by atoms with Crippen molar-refractivity contribution in [1.82, 2.24) is 15.5 Å². The number of halogens is 2. The van der Waals surface area contributed by atoms with Crippen molar-refractivity contribution >= 4 is 17.6 Å². The number of aliphatic imine (C=N–C) groups is 1. The number of nitrogens with zero attached hydrogens (tertiary/aromatic N) is 2. The third kappa shape index (κ3) is 5.92. The van der Waals surface area contributed by atoms with Gasteiger partial charge in [0.1, 0.15) is 5.82 Å². The summed E-state index contributed by atoms with van der Waals surface area (Å²) in [6, 6.07) is 14.6. The first-order chi connectivity index (χ1) is 13.7. The van der Waals surface area contributed by atoms with Crippen LogP contribution in [0.15, 0.2) is 53.5 Å². The number of nitrogens with one attached hydrogen (secondary N) is 2. The molecule has 2 aromatic carbocycles. The molecule has 3 rings (SSSR count). The monoisotopic (exact) mass is 404 g/mol. The first kappa shape index (κ1) is 20.6. The zero-order valence-corrected chi connectivity index (χ0v) is 16.8. The molecule has 28 heavy (non-hydrogen) atoms. The summed E-state index contributed by atoms with van der Waals surface area (Å²) in [4.78, 5) is 6.71. The Kier molecular flexibility index (Phi) is 7.65. The second-order valence-electron chi connectivity index (χ2n) is 6.65. The maximum absolute atomic E-state index is 13.0. The Hall–Kier alpha value is -2.15. The Labute approximate surface area is 170 Å². The van der Waals surface area contributed by atoms with E-state index in [0.29, 0.717) is 19.0 Å². The fraction of sp³-hybridized carbons (Fsp3) is 0.381. The lowest BCUT2D eigenvalue weighted by Crippen LogP contribution is -2.46. The number of hydrogen-bond acceptors (Lipinski definition) is 3. The van der Waals surface area contributed by atoms with E-state index in [2.05, 4.69) is 32.7 Å². The standard InChI is InChI=1S/C21H26ClFN4O/c1-24-21(25-14-16-2-8-19(23)9-3-16)26-15-20(27-10-12-28-13-11-27)17-4-6-18(22)7-5-17/h2-9,20H,10-15H2,1H3,(H2,24,25,26). The van der Waals surface area contributed by atoms with Crippen molar-refractivity contribution < 1.29 is 9.13 Å². The number of guanidine groups is 1. The van der Waals surface area contributed by atoms with Crippen LogP contribution >= 0.6 is 11.6 Å². The highest BCUT2D eigenvalue weighted by atomic mass is 35.5. The third-order valence-corrected chi connectivity index (χ3v) is 5.05. The molecule has 1 saturated heterocycles. The smallest absolute Gasteiger partial charge is 0.191 e. The van der Waals surface area contributed by atoms with Gasteiger partial charge in [0, 0.05) is 38.2 Å². The number of benzene rings is 2.